The van der Waals surface area contributed by atoms with Crippen LogP contribution in [0.3, 0.4) is 0 Å². The van der Waals surface area contributed by atoms with Gasteiger partial charge in [-0.25, -0.2) is 4.68 Å². The maximum absolute atomic E-state index is 12.2. The molecule has 0 atom stereocenters. The second kappa shape index (κ2) is 8.72. The molecule has 2 N–H and O–H groups in total. The minimum Gasteiger partial charge on any atom is -0.378 e. The number of nitrogens with zero attached hydrogens (tertiary/aromatic N) is 5. The van der Waals surface area contributed by atoms with Crippen LogP contribution in [0, 0.1) is 20.8 Å². The van der Waals surface area contributed by atoms with Gasteiger partial charge in [-0.05, 0) is 62.7 Å². The van der Waals surface area contributed by atoms with Gasteiger partial charge in [0.15, 0.2) is 5.82 Å². The second-order valence-electron chi connectivity index (χ2n) is 7.11. The van der Waals surface area contributed by atoms with Crippen molar-refractivity contribution < 1.29 is 4.79 Å². The molecule has 29 heavy (non-hydrogen) atoms. The van der Waals surface area contributed by atoms with Crippen molar-refractivity contribution in [1.82, 2.24) is 25.3 Å². The maximum atomic E-state index is 12.2. The fourth-order valence-electron chi connectivity index (χ4n) is 2.86. The molecule has 0 aliphatic rings. The quantitative estimate of drug-likeness (QED) is 0.600. The number of hydrogen-bond acceptors (Lipinski definition) is 6. The summed E-state index contributed by atoms with van der Waals surface area (Å²) in [6.45, 7) is 7.07. The molecular formula is C21H27N7O. The summed E-state index contributed by atoms with van der Waals surface area (Å²) < 4.78 is 1.79. The lowest BCUT2D eigenvalue weighted by molar-refractivity contribution is 0.0955. The lowest BCUT2D eigenvalue weighted by Crippen LogP contribution is -2.29. The first-order valence-electron chi connectivity index (χ1n) is 9.53. The number of nitrogens with one attached hydrogen (secondary N) is 2. The van der Waals surface area contributed by atoms with E-state index in [1.165, 1.54) is 0 Å². The summed E-state index contributed by atoms with van der Waals surface area (Å²) >= 11 is 0. The second-order valence-corrected chi connectivity index (χ2v) is 7.11. The number of rotatable bonds is 7. The highest BCUT2D eigenvalue weighted by Crippen LogP contribution is 2.15. The van der Waals surface area contributed by atoms with Gasteiger partial charge in [0.1, 0.15) is 5.82 Å². The summed E-state index contributed by atoms with van der Waals surface area (Å²) in [6.07, 6.45) is 0. The number of anilines is 2. The highest BCUT2D eigenvalue weighted by molar-refractivity contribution is 5.94. The predicted molar refractivity (Wildman–Crippen MR) is 115 cm³/mol. The third-order valence-electron chi connectivity index (χ3n) is 4.88. The largest absolute Gasteiger partial charge is 0.378 e. The molecule has 152 valence electrons. The van der Waals surface area contributed by atoms with Gasteiger partial charge in [0.25, 0.3) is 5.91 Å². The average Bonchev–Trinajstić information content (AvgIpc) is 2.99. The zero-order chi connectivity index (χ0) is 21.0. The molecule has 8 heteroatoms. The summed E-state index contributed by atoms with van der Waals surface area (Å²) in [6, 6.07) is 11.2. The minimum atomic E-state index is -0.0987. The van der Waals surface area contributed by atoms with E-state index in [1.807, 2.05) is 76.2 Å². The van der Waals surface area contributed by atoms with Crippen LogP contribution in [0.2, 0.25) is 0 Å². The Bertz CT molecular complexity index is 976. The van der Waals surface area contributed by atoms with Crippen LogP contribution >= 0.6 is 0 Å². The van der Waals surface area contributed by atoms with Gasteiger partial charge in [-0.2, -0.15) is 5.10 Å². The summed E-state index contributed by atoms with van der Waals surface area (Å²) in [4.78, 5) is 14.2. The van der Waals surface area contributed by atoms with Crippen molar-refractivity contribution in [2.75, 3.05) is 37.4 Å². The number of hydrogen-bond donors (Lipinski definition) is 2. The molecule has 0 saturated carbocycles. The average molecular weight is 393 g/mol. The van der Waals surface area contributed by atoms with Crippen LogP contribution in [0.5, 0.6) is 0 Å². The number of aryl methyl sites for hydroxylation is 1. The van der Waals surface area contributed by atoms with Gasteiger partial charge in [-0.1, -0.05) is 0 Å². The van der Waals surface area contributed by atoms with Gasteiger partial charge in [0.05, 0.1) is 5.69 Å². The summed E-state index contributed by atoms with van der Waals surface area (Å²) in [5.41, 5.74) is 4.89. The Morgan fingerprint density at radius 3 is 2.28 bits per heavy atom. The first-order chi connectivity index (χ1) is 13.9. The van der Waals surface area contributed by atoms with Crippen LogP contribution in [0.25, 0.3) is 5.82 Å². The van der Waals surface area contributed by atoms with Gasteiger partial charge in [-0.15, -0.1) is 10.2 Å². The Labute approximate surface area is 171 Å². The number of carbonyl (C=O) groups excluding carboxylic acids is 1. The Morgan fingerprint density at radius 1 is 1.00 bits per heavy atom. The SMILES string of the molecule is Cc1nn(-c2ccc(NCCNC(=O)c3ccc(N(C)C)cc3)nn2)c(C)c1C. The Hall–Kier alpha value is -3.42. The molecule has 0 aliphatic heterocycles. The van der Waals surface area contributed by atoms with Crippen molar-refractivity contribution in [2.45, 2.75) is 20.8 Å². The zero-order valence-electron chi connectivity index (χ0n) is 17.5. The molecule has 0 radical (unpaired) electrons. The van der Waals surface area contributed by atoms with Crippen molar-refractivity contribution in [3.05, 3.63) is 58.9 Å². The van der Waals surface area contributed by atoms with Crippen molar-refractivity contribution in [3.8, 4) is 5.82 Å². The standard InChI is InChI=1S/C21H27N7O/c1-14-15(2)26-28(16(14)3)20-11-10-19(24-25-20)22-12-13-23-21(29)17-6-8-18(9-7-17)27(4)5/h6-11H,12-13H2,1-5H3,(H,22,24)(H,23,29). The molecule has 2 aromatic heterocycles. The zero-order valence-corrected chi connectivity index (χ0v) is 17.5. The highest BCUT2D eigenvalue weighted by atomic mass is 16.1. The van der Waals surface area contributed by atoms with Gasteiger partial charge < -0.3 is 15.5 Å². The minimum absolute atomic E-state index is 0.0987. The fraction of sp³-hybridized carbons (Fsp3) is 0.333. The van der Waals surface area contributed by atoms with Crippen molar-refractivity contribution in [2.24, 2.45) is 0 Å². The van der Waals surface area contributed by atoms with Crippen LogP contribution in [-0.2, 0) is 0 Å². The van der Waals surface area contributed by atoms with Crippen LogP contribution in [0.15, 0.2) is 36.4 Å². The van der Waals surface area contributed by atoms with E-state index in [2.05, 4.69) is 25.9 Å². The molecule has 0 fully saturated rings. The monoisotopic (exact) mass is 393 g/mol. The molecule has 3 aromatic rings. The molecule has 0 aliphatic carbocycles. The molecule has 2 heterocycles. The molecule has 0 spiro atoms. The van der Waals surface area contributed by atoms with Crippen LogP contribution in [-0.4, -0.2) is 53.1 Å². The topological polar surface area (TPSA) is 88.0 Å². The summed E-state index contributed by atoms with van der Waals surface area (Å²) in [7, 11) is 3.93. The fourth-order valence-corrected chi connectivity index (χ4v) is 2.86. The molecule has 0 saturated heterocycles. The van der Waals surface area contributed by atoms with E-state index in [-0.39, 0.29) is 5.91 Å². The number of aromatic nitrogens is 4. The Kier molecular flexibility index (Phi) is 6.11. The molecule has 0 bridgehead atoms. The van der Waals surface area contributed by atoms with E-state index in [4.69, 9.17) is 0 Å². The number of carbonyl (C=O) groups is 1. The lowest BCUT2D eigenvalue weighted by Gasteiger charge is -2.12. The first kappa shape index (κ1) is 20.3. The van der Waals surface area contributed by atoms with E-state index in [9.17, 15) is 4.79 Å². The first-order valence-corrected chi connectivity index (χ1v) is 9.53. The molecule has 8 nitrogen and oxygen atoms in total. The van der Waals surface area contributed by atoms with E-state index < -0.39 is 0 Å². The van der Waals surface area contributed by atoms with Gasteiger partial charge in [-0.3, -0.25) is 4.79 Å². The van der Waals surface area contributed by atoms with E-state index in [0.717, 1.165) is 22.6 Å². The highest BCUT2D eigenvalue weighted by Gasteiger charge is 2.10. The van der Waals surface area contributed by atoms with E-state index >= 15 is 0 Å². The smallest absolute Gasteiger partial charge is 0.251 e. The van der Waals surface area contributed by atoms with Crippen molar-refractivity contribution in [1.29, 1.82) is 0 Å². The van der Waals surface area contributed by atoms with Crippen molar-refractivity contribution >= 4 is 17.4 Å². The molecular weight excluding hydrogens is 366 g/mol. The number of benzene rings is 1. The maximum Gasteiger partial charge on any atom is 0.251 e. The Balaban J connectivity index is 1.49. The third kappa shape index (κ3) is 4.71. The van der Waals surface area contributed by atoms with Crippen LogP contribution in [0.4, 0.5) is 11.5 Å². The van der Waals surface area contributed by atoms with Gasteiger partial charge in [0, 0.05) is 44.1 Å². The summed E-state index contributed by atoms with van der Waals surface area (Å²) in [5, 5.41) is 19.0. The lowest BCUT2D eigenvalue weighted by atomic mass is 10.2. The van der Waals surface area contributed by atoms with Crippen LogP contribution < -0.4 is 15.5 Å². The van der Waals surface area contributed by atoms with E-state index in [0.29, 0.717) is 30.3 Å². The molecule has 1 aromatic carbocycles. The summed E-state index contributed by atoms with van der Waals surface area (Å²) in [5.74, 6) is 1.23. The molecule has 3 rings (SSSR count). The number of amides is 1. The third-order valence-corrected chi connectivity index (χ3v) is 4.88. The van der Waals surface area contributed by atoms with Gasteiger partial charge >= 0.3 is 0 Å². The predicted octanol–water partition coefficient (Wildman–Crippen LogP) is 2.50. The molecule has 0 unspecified atom stereocenters. The molecule has 1 amide bonds. The van der Waals surface area contributed by atoms with E-state index in [1.54, 1.807) is 4.68 Å². The van der Waals surface area contributed by atoms with Crippen LogP contribution in [0.1, 0.15) is 27.3 Å². The van der Waals surface area contributed by atoms with Gasteiger partial charge in [0.2, 0.25) is 0 Å². The Morgan fingerprint density at radius 2 is 1.72 bits per heavy atom. The van der Waals surface area contributed by atoms with Crippen molar-refractivity contribution in [3.63, 3.8) is 0 Å². The normalized spacial score (nSPS) is 10.7.